The summed E-state index contributed by atoms with van der Waals surface area (Å²) in [5.41, 5.74) is 2.58. The minimum Gasteiger partial charge on any atom is -0.467 e. The standard InChI is InChI=1S/C29H25N3O3S/c33-27(31(18-22-10-3-1-4-11-22)19-23-12-5-2-6-13-23)21-36-29-30-26-16-8-7-15-25(26)28(34)32(29)20-24-14-9-17-35-24/h1-17H,18-21H2. The van der Waals surface area contributed by atoms with Gasteiger partial charge in [0.2, 0.25) is 5.91 Å². The molecule has 2 heterocycles. The number of carbonyl (C=O) groups excluding carboxylic acids is 1. The Balaban J connectivity index is 1.41. The number of hydrogen-bond donors (Lipinski definition) is 0. The predicted molar refractivity (Wildman–Crippen MR) is 142 cm³/mol. The third-order valence-corrected chi connectivity index (χ3v) is 6.79. The molecule has 180 valence electrons. The smallest absolute Gasteiger partial charge is 0.262 e. The quantitative estimate of drug-likeness (QED) is 0.203. The number of thioether (sulfide) groups is 1. The van der Waals surface area contributed by atoms with Gasteiger partial charge in [0.05, 0.1) is 29.5 Å². The maximum atomic E-state index is 13.5. The lowest BCUT2D eigenvalue weighted by molar-refractivity contribution is -0.129. The Morgan fingerprint density at radius 2 is 1.47 bits per heavy atom. The van der Waals surface area contributed by atoms with Gasteiger partial charge in [0.1, 0.15) is 5.76 Å². The number of hydrogen-bond acceptors (Lipinski definition) is 5. The second kappa shape index (κ2) is 11.1. The van der Waals surface area contributed by atoms with Crippen molar-refractivity contribution in [3.05, 3.63) is 131 Å². The Morgan fingerprint density at radius 1 is 0.833 bits per heavy atom. The van der Waals surface area contributed by atoms with E-state index in [4.69, 9.17) is 9.40 Å². The van der Waals surface area contributed by atoms with Gasteiger partial charge < -0.3 is 9.32 Å². The number of fused-ring (bicyclic) bond motifs is 1. The van der Waals surface area contributed by atoms with Crippen molar-refractivity contribution in [2.45, 2.75) is 24.8 Å². The van der Waals surface area contributed by atoms with Gasteiger partial charge in [-0.1, -0.05) is 84.6 Å². The van der Waals surface area contributed by atoms with Gasteiger partial charge >= 0.3 is 0 Å². The minimum absolute atomic E-state index is 0.0281. The Kier molecular flexibility index (Phi) is 7.28. The van der Waals surface area contributed by atoms with E-state index in [1.807, 2.05) is 89.8 Å². The van der Waals surface area contributed by atoms with E-state index in [0.29, 0.717) is 34.9 Å². The number of benzene rings is 3. The Labute approximate surface area is 213 Å². The van der Waals surface area contributed by atoms with Crippen LogP contribution in [0.25, 0.3) is 10.9 Å². The summed E-state index contributed by atoms with van der Waals surface area (Å²) >= 11 is 1.27. The van der Waals surface area contributed by atoms with Crippen LogP contribution in [0.2, 0.25) is 0 Å². The van der Waals surface area contributed by atoms with Gasteiger partial charge in [-0.05, 0) is 35.4 Å². The molecule has 0 aliphatic heterocycles. The Morgan fingerprint density at radius 3 is 2.11 bits per heavy atom. The van der Waals surface area contributed by atoms with Crippen LogP contribution in [-0.4, -0.2) is 26.1 Å². The second-order valence-corrected chi connectivity index (χ2v) is 9.33. The number of para-hydroxylation sites is 1. The van der Waals surface area contributed by atoms with Gasteiger partial charge in [-0.25, -0.2) is 4.98 Å². The van der Waals surface area contributed by atoms with E-state index in [2.05, 4.69) is 0 Å². The van der Waals surface area contributed by atoms with Gasteiger partial charge in [-0.2, -0.15) is 0 Å². The van der Waals surface area contributed by atoms with Crippen molar-refractivity contribution in [2.24, 2.45) is 0 Å². The molecule has 5 aromatic rings. The van der Waals surface area contributed by atoms with Crippen LogP contribution in [0.4, 0.5) is 0 Å². The molecule has 0 saturated carbocycles. The molecule has 1 amide bonds. The molecule has 0 fully saturated rings. The van der Waals surface area contributed by atoms with Crippen LogP contribution in [0.1, 0.15) is 16.9 Å². The van der Waals surface area contributed by atoms with Gasteiger partial charge in [0.25, 0.3) is 5.56 Å². The number of carbonyl (C=O) groups is 1. The van der Waals surface area contributed by atoms with Crippen molar-refractivity contribution < 1.29 is 9.21 Å². The molecule has 0 saturated heterocycles. The first-order chi connectivity index (χ1) is 17.7. The molecular formula is C29H25N3O3S. The van der Waals surface area contributed by atoms with E-state index in [1.165, 1.54) is 11.8 Å². The van der Waals surface area contributed by atoms with Gasteiger partial charge in [-0.3, -0.25) is 14.2 Å². The van der Waals surface area contributed by atoms with Crippen LogP contribution in [0.3, 0.4) is 0 Å². The molecule has 0 unspecified atom stereocenters. The number of furan rings is 1. The summed E-state index contributed by atoms with van der Waals surface area (Å²) in [5.74, 6) is 0.777. The molecule has 0 radical (unpaired) electrons. The van der Waals surface area contributed by atoms with E-state index in [0.717, 1.165) is 11.1 Å². The first-order valence-corrected chi connectivity index (χ1v) is 12.7. The summed E-state index contributed by atoms with van der Waals surface area (Å²) < 4.78 is 7.07. The van der Waals surface area contributed by atoms with Crippen LogP contribution in [-0.2, 0) is 24.4 Å². The van der Waals surface area contributed by atoms with Crippen LogP contribution >= 0.6 is 11.8 Å². The maximum Gasteiger partial charge on any atom is 0.262 e. The molecule has 0 bridgehead atoms. The second-order valence-electron chi connectivity index (χ2n) is 8.39. The average molecular weight is 496 g/mol. The SMILES string of the molecule is O=C(CSc1nc2ccccc2c(=O)n1Cc1ccco1)N(Cc1ccccc1)Cc1ccccc1. The lowest BCUT2D eigenvalue weighted by Crippen LogP contribution is -2.32. The minimum atomic E-state index is -0.155. The molecule has 6 nitrogen and oxygen atoms in total. The highest BCUT2D eigenvalue weighted by molar-refractivity contribution is 7.99. The molecule has 2 aromatic heterocycles. The average Bonchev–Trinajstić information content (AvgIpc) is 3.43. The fourth-order valence-corrected chi connectivity index (χ4v) is 4.91. The van der Waals surface area contributed by atoms with Crippen molar-refractivity contribution in [3.63, 3.8) is 0 Å². The molecule has 0 aliphatic carbocycles. The van der Waals surface area contributed by atoms with Crippen molar-refractivity contribution in [1.29, 1.82) is 0 Å². The van der Waals surface area contributed by atoms with Gasteiger partial charge in [-0.15, -0.1) is 0 Å². The van der Waals surface area contributed by atoms with Crippen LogP contribution < -0.4 is 5.56 Å². The number of aromatic nitrogens is 2. The molecule has 5 rings (SSSR count). The normalized spacial score (nSPS) is 11.0. The van der Waals surface area contributed by atoms with E-state index >= 15 is 0 Å². The van der Waals surface area contributed by atoms with Gasteiger partial charge in [0.15, 0.2) is 5.16 Å². The molecular weight excluding hydrogens is 470 g/mol. The van der Waals surface area contributed by atoms with Gasteiger partial charge in [0, 0.05) is 13.1 Å². The molecule has 0 spiro atoms. The van der Waals surface area contributed by atoms with E-state index in [-0.39, 0.29) is 23.8 Å². The van der Waals surface area contributed by atoms with Crippen molar-refractivity contribution in [1.82, 2.24) is 14.5 Å². The summed E-state index contributed by atoms with van der Waals surface area (Å²) in [7, 11) is 0. The highest BCUT2D eigenvalue weighted by atomic mass is 32.2. The number of rotatable bonds is 9. The van der Waals surface area contributed by atoms with Crippen molar-refractivity contribution >= 4 is 28.6 Å². The fourth-order valence-electron chi connectivity index (χ4n) is 4.01. The summed E-state index contributed by atoms with van der Waals surface area (Å²) in [6, 6.07) is 30.8. The molecule has 0 N–H and O–H groups in total. The van der Waals surface area contributed by atoms with Crippen LogP contribution in [0.5, 0.6) is 0 Å². The highest BCUT2D eigenvalue weighted by Crippen LogP contribution is 2.21. The van der Waals surface area contributed by atoms with Crippen molar-refractivity contribution in [2.75, 3.05) is 5.75 Å². The van der Waals surface area contributed by atoms with E-state index in [9.17, 15) is 9.59 Å². The lowest BCUT2D eigenvalue weighted by atomic mass is 10.1. The van der Waals surface area contributed by atoms with E-state index < -0.39 is 0 Å². The molecule has 0 atom stereocenters. The zero-order chi connectivity index (χ0) is 24.7. The maximum absolute atomic E-state index is 13.5. The highest BCUT2D eigenvalue weighted by Gasteiger charge is 2.18. The molecule has 36 heavy (non-hydrogen) atoms. The van der Waals surface area contributed by atoms with Crippen molar-refractivity contribution in [3.8, 4) is 0 Å². The number of amides is 1. The zero-order valence-electron chi connectivity index (χ0n) is 19.6. The monoisotopic (exact) mass is 495 g/mol. The van der Waals surface area contributed by atoms with Crippen LogP contribution in [0.15, 0.2) is 118 Å². The third-order valence-electron chi connectivity index (χ3n) is 5.83. The summed E-state index contributed by atoms with van der Waals surface area (Å²) in [4.78, 5) is 33.4. The summed E-state index contributed by atoms with van der Waals surface area (Å²) in [6.45, 7) is 1.25. The summed E-state index contributed by atoms with van der Waals surface area (Å²) in [6.07, 6.45) is 1.58. The first kappa shape index (κ1) is 23.6. The third kappa shape index (κ3) is 5.58. The van der Waals surface area contributed by atoms with Crippen LogP contribution in [0, 0.1) is 0 Å². The van der Waals surface area contributed by atoms with E-state index in [1.54, 1.807) is 23.0 Å². The molecule has 3 aromatic carbocycles. The zero-order valence-corrected chi connectivity index (χ0v) is 20.4. The fraction of sp³-hybridized carbons (Fsp3) is 0.138. The summed E-state index contributed by atoms with van der Waals surface area (Å²) in [5, 5.41) is 1.03. The first-order valence-electron chi connectivity index (χ1n) is 11.7. The Hall–Kier alpha value is -4.10. The predicted octanol–water partition coefficient (Wildman–Crippen LogP) is 5.36. The lowest BCUT2D eigenvalue weighted by Gasteiger charge is -2.23. The topological polar surface area (TPSA) is 68.3 Å². The Bertz CT molecular complexity index is 1460. The number of nitrogens with zero attached hydrogens (tertiary/aromatic N) is 3. The largest absolute Gasteiger partial charge is 0.467 e. The molecule has 0 aliphatic rings. The molecule has 7 heteroatoms.